The molecule has 1 fully saturated rings. The van der Waals surface area contributed by atoms with E-state index >= 15 is 0 Å². The Kier molecular flexibility index (Phi) is 10.9. The summed E-state index contributed by atoms with van der Waals surface area (Å²) in [5.74, 6) is 1.11. The third kappa shape index (κ3) is 6.66. The molecule has 0 amide bonds. The Morgan fingerprint density at radius 1 is 0.902 bits per heavy atom. The van der Waals surface area contributed by atoms with E-state index in [4.69, 9.17) is 9.97 Å². The Morgan fingerprint density at radius 3 is 2.27 bits per heavy atom. The van der Waals surface area contributed by atoms with Crippen molar-refractivity contribution in [2.75, 3.05) is 0 Å². The monoisotopic (exact) mass is 857 g/mol. The normalized spacial score (nSPS) is 15.4. The largest absolute Gasteiger partial charge is 0.512 e. The fourth-order valence-corrected chi connectivity index (χ4v) is 8.49. The molecule has 8 rings (SSSR count). The number of benzene rings is 4. The first-order valence-electron chi connectivity index (χ1n) is 18.8. The van der Waals surface area contributed by atoms with Crippen LogP contribution in [0.5, 0.6) is 0 Å². The summed E-state index contributed by atoms with van der Waals surface area (Å²) in [6.07, 6.45) is 11.7. The standard InChI is InChI=1S/C32H26N3.C13H24O2.Ir/c1-32(2)13-11-19(12-14-32)23-17-25-29-30(34-18-33-25)24-15-20-7-3-4-8-21(20)16-27(24)35-26-10-6-5-9-22(26)28(23)31(29)35;1-5-10(6-2)12(14)9-13(15)11(7-3)8-4;/h3-10,16-19H,11-14H2,1-2H3;9-11,14H,5-8H2,1-4H3;/q-1;;/b;12-9-;. The second-order valence-corrected chi connectivity index (χ2v) is 15.2. The number of ketones is 1. The molecule has 7 aromatic rings. The van der Waals surface area contributed by atoms with Crippen LogP contribution in [0.1, 0.15) is 104 Å². The molecule has 0 unspecified atom stereocenters. The van der Waals surface area contributed by atoms with Crippen molar-refractivity contribution in [3.05, 3.63) is 90.5 Å². The molecule has 0 saturated heterocycles. The van der Waals surface area contributed by atoms with Gasteiger partial charge < -0.3 is 9.51 Å². The number of rotatable bonds is 8. The molecule has 0 aliphatic heterocycles. The van der Waals surface area contributed by atoms with E-state index in [0.717, 1.165) is 52.9 Å². The summed E-state index contributed by atoms with van der Waals surface area (Å²) >= 11 is 0. The van der Waals surface area contributed by atoms with E-state index in [-0.39, 0.29) is 43.5 Å². The number of carbonyl (C=O) groups excluding carboxylic acids is 1. The number of carbonyl (C=O) groups is 1. The number of pyridine rings is 1. The third-order valence-corrected chi connectivity index (χ3v) is 11.7. The number of fused-ring (bicyclic) bond motifs is 7. The van der Waals surface area contributed by atoms with Gasteiger partial charge in [-0.1, -0.05) is 94.8 Å². The summed E-state index contributed by atoms with van der Waals surface area (Å²) in [4.78, 5) is 21.4. The van der Waals surface area contributed by atoms with Crippen molar-refractivity contribution in [1.82, 2.24) is 14.4 Å². The van der Waals surface area contributed by atoms with Crippen LogP contribution in [0.3, 0.4) is 0 Å². The molecule has 1 saturated carbocycles. The number of nitrogens with zero attached hydrogens (tertiary/aromatic N) is 3. The van der Waals surface area contributed by atoms with Gasteiger partial charge in [-0.05, 0) is 85.9 Å². The molecule has 5 nitrogen and oxygen atoms in total. The molecular weight excluding hydrogens is 807 g/mol. The average Bonchev–Trinajstić information content (AvgIpc) is 3.48. The zero-order chi connectivity index (χ0) is 35.2. The van der Waals surface area contributed by atoms with E-state index in [2.05, 4.69) is 85.0 Å². The van der Waals surface area contributed by atoms with Crippen LogP contribution < -0.4 is 0 Å². The van der Waals surface area contributed by atoms with Crippen molar-refractivity contribution in [2.24, 2.45) is 17.3 Å². The third-order valence-electron chi connectivity index (χ3n) is 11.7. The smallest absolute Gasteiger partial charge is 0.162 e. The van der Waals surface area contributed by atoms with Gasteiger partial charge in [-0.2, -0.15) is 0 Å². The second kappa shape index (κ2) is 15.0. The average molecular weight is 857 g/mol. The zero-order valence-corrected chi connectivity index (χ0v) is 33.2. The van der Waals surface area contributed by atoms with E-state index in [0.29, 0.717) is 11.3 Å². The molecule has 51 heavy (non-hydrogen) atoms. The van der Waals surface area contributed by atoms with Gasteiger partial charge in [0, 0.05) is 65.2 Å². The Bertz CT molecular complexity index is 2350. The second-order valence-electron chi connectivity index (χ2n) is 15.2. The van der Waals surface area contributed by atoms with Crippen LogP contribution in [0.25, 0.3) is 59.9 Å². The SMILES string of the molecule is CC1(C)CCC(c2cc3ncnc4c5[c-]c6ccccc6cc5n5c6ccccc6c2c5c34)CC1.CCC(CC)C(=O)/C=C(\O)C(CC)CC.[Ir]. The van der Waals surface area contributed by atoms with Crippen molar-refractivity contribution in [2.45, 2.75) is 98.8 Å². The number of aromatic nitrogens is 3. The van der Waals surface area contributed by atoms with Gasteiger partial charge in [0.05, 0.1) is 16.8 Å². The van der Waals surface area contributed by atoms with Crippen LogP contribution >= 0.6 is 0 Å². The van der Waals surface area contributed by atoms with Gasteiger partial charge in [-0.25, -0.2) is 4.98 Å². The molecule has 3 aromatic heterocycles. The molecular formula is C45H50IrN3O2-. The number of hydrogen-bond acceptors (Lipinski definition) is 4. The maximum absolute atomic E-state index is 11.7. The molecule has 1 aliphatic carbocycles. The summed E-state index contributed by atoms with van der Waals surface area (Å²) in [6.45, 7) is 12.9. The van der Waals surface area contributed by atoms with E-state index in [9.17, 15) is 9.90 Å². The fraction of sp³-hybridized carbons (Fsp3) is 0.400. The molecule has 0 bridgehead atoms. The maximum atomic E-state index is 11.7. The number of para-hydroxylation sites is 1. The van der Waals surface area contributed by atoms with Crippen LogP contribution in [-0.4, -0.2) is 25.3 Å². The molecule has 4 aromatic carbocycles. The number of hydrogen-bond donors (Lipinski definition) is 1. The van der Waals surface area contributed by atoms with Gasteiger partial charge in [0.2, 0.25) is 0 Å². The summed E-state index contributed by atoms with van der Waals surface area (Å²) in [6, 6.07) is 25.8. The maximum Gasteiger partial charge on any atom is 0.162 e. The molecule has 0 spiro atoms. The van der Waals surface area contributed by atoms with E-state index in [1.807, 2.05) is 27.7 Å². The zero-order valence-electron chi connectivity index (χ0n) is 30.8. The van der Waals surface area contributed by atoms with Gasteiger partial charge in [0.1, 0.15) is 6.33 Å². The fourth-order valence-electron chi connectivity index (χ4n) is 8.49. The van der Waals surface area contributed by atoms with E-state index in [1.165, 1.54) is 70.0 Å². The minimum atomic E-state index is 0. The molecule has 1 N–H and O–H groups in total. The molecule has 6 heteroatoms. The summed E-state index contributed by atoms with van der Waals surface area (Å²) in [5, 5.41) is 17.0. The first kappa shape index (κ1) is 36.9. The van der Waals surface area contributed by atoms with Gasteiger partial charge in [-0.15, -0.1) is 17.5 Å². The number of aliphatic hydroxyl groups is 1. The van der Waals surface area contributed by atoms with Crippen LogP contribution in [0.4, 0.5) is 0 Å². The summed E-state index contributed by atoms with van der Waals surface area (Å²) < 4.78 is 2.47. The Hall–Kier alpha value is -3.86. The minimum absolute atomic E-state index is 0. The predicted octanol–water partition coefficient (Wildman–Crippen LogP) is 12.3. The molecule has 0 atom stereocenters. The summed E-state index contributed by atoms with van der Waals surface area (Å²) in [5.41, 5.74) is 7.67. The van der Waals surface area contributed by atoms with Crippen LogP contribution in [0.2, 0.25) is 0 Å². The number of aliphatic hydroxyl groups excluding tert-OH is 1. The topological polar surface area (TPSA) is 67.5 Å². The van der Waals surface area contributed by atoms with Gasteiger partial charge in [-0.3, -0.25) is 9.78 Å². The van der Waals surface area contributed by atoms with Crippen molar-refractivity contribution in [3.63, 3.8) is 0 Å². The molecule has 1 radical (unpaired) electrons. The van der Waals surface area contributed by atoms with E-state index in [1.54, 1.807) is 6.33 Å². The predicted molar refractivity (Wildman–Crippen MR) is 209 cm³/mol. The van der Waals surface area contributed by atoms with Gasteiger partial charge in [0.15, 0.2) is 5.78 Å². The van der Waals surface area contributed by atoms with E-state index < -0.39 is 0 Å². The Balaban J connectivity index is 0.000000241. The van der Waals surface area contributed by atoms with Crippen molar-refractivity contribution in [1.29, 1.82) is 0 Å². The van der Waals surface area contributed by atoms with Crippen molar-refractivity contribution < 1.29 is 30.0 Å². The summed E-state index contributed by atoms with van der Waals surface area (Å²) in [7, 11) is 0. The minimum Gasteiger partial charge on any atom is -0.512 e. The first-order valence-corrected chi connectivity index (χ1v) is 18.8. The molecule has 267 valence electrons. The van der Waals surface area contributed by atoms with Crippen molar-refractivity contribution in [3.8, 4) is 0 Å². The van der Waals surface area contributed by atoms with Gasteiger partial charge in [0.25, 0.3) is 0 Å². The number of allylic oxidation sites excluding steroid dienone is 2. The first-order chi connectivity index (χ1) is 24.2. The van der Waals surface area contributed by atoms with Crippen LogP contribution in [0.15, 0.2) is 78.8 Å². The molecule has 1 aliphatic rings. The van der Waals surface area contributed by atoms with Gasteiger partial charge >= 0.3 is 0 Å². The van der Waals surface area contributed by atoms with Crippen LogP contribution in [0, 0.1) is 23.3 Å². The molecule has 3 heterocycles. The Labute approximate surface area is 315 Å². The van der Waals surface area contributed by atoms with Crippen LogP contribution in [-0.2, 0) is 24.9 Å². The quantitative estimate of drug-likeness (QED) is 0.0543. The van der Waals surface area contributed by atoms with Crippen molar-refractivity contribution >= 4 is 65.7 Å². The Morgan fingerprint density at radius 2 is 1.57 bits per heavy atom.